The molecule has 0 spiro atoms. The van der Waals surface area contributed by atoms with Crippen molar-refractivity contribution in [3.63, 3.8) is 0 Å². The second-order valence-corrected chi connectivity index (χ2v) is 8.68. The summed E-state index contributed by atoms with van der Waals surface area (Å²) in [6, 6.07) is 8.80. The summed E-state index contributed by atoms with van der Waals surface area (Å²) < 4.78 is 0. The molecule has 0 radical (unpaired) electrons. The second-order valence-electron chi connectivity index (χ2n) is 8.68. The maximum Gasteiger partial charge on any atom is 0.236 e. The molecule has 3 rings (SSSR count). The largest absolute Gasteiger partial charge is 0.339 e. The zero-order valence-corrected chi connectivity index (χ0v) is 16.6. The van der Waals surface area contributed by atoms with E-state index in [1.54, 1.807) is 0 Å². The van der Waals surface area contributed by atoms with Crippen LogP contribution in [0.25, 0.3) is 0 Å². The first-order valence-electron chi connectivity index (χ1n) is 9.88. The van der Waals surface area contributed by atoms with Gasteiger partial charge < -0.3 is 10.6 Å². The molecular formula is C21H34N4O. The average Bonchev–Trinajstić information content (AvgIpc) is 2.60. The van der Waals surface area contributed by atoms with Crippen LogP contribution < -0.4 is 5.73 Å². The van der Waals surface area contributed by atoms with Crippen molar-refractivity contribution < 1.29 is 4.79 Å². The molecule has 1 amide bonds. The Labute approximate surface area is 158 Å². The fourth-order valence-corrected chi connectivity index (χ4v) is 4.10. The number of nitrogens with zero attached hydrogens (tertiary/aromatic N) is 3. The van der Waals surface area contributed by atoms with Crippen molar-refractivity contribution in [2.24, 2.45) is 11.1 Å². The molecule has 0 bridgehead atoms. The van der Waals surface area contributed by atoms with Gasteiger partial charge in [-0.2, -0.15) is 0 Å². The van der Waals surface area contributed by atoms with E-state index in [9.17, 15) is 4.79 Å². The maximum absolute atomic E-state index is 12.7. The molecule has 2 fully saturated rings. The topological polar surface area (TPSA) is 52.8 Å². The van der Waals surface area contributed by atoms with Crippen LogP contribution in [0.1, 0.15) is 31.4 Å². The molecule has 5 heteroatoms. The SMILES string of the molecule is Cc1ccccc1CN1CCN(C(=O)CN2CCC(N)C(C)(C)C2)CC1. The molecule has 2 saturated heterocycles. The Hall–Kier alpha value is -1.43. The Morgan fingerprint density at radius 1 is 1.12 bits per heavy atom. The summed E-state index contributed by atoms with van der Waals surface area (Å²) in [5, 5.41) is 0. The van der Waals surface area contributed by atoms with E-state index in [0.29, 0.717) is 6.54 Å². The molecule has 1 aromatic carbocycles. The van der Waals surface area contributed by atoms with E-state index in [-0.39, 0.29) is 17.4 Å². The number of benzene rings is 1. The summed E-state index contributed by atoms with van der Waals surface area (Å²) in [5.41, 5.74) is 9.03. The van der Waals surface area contributed by atoms with Gasteiger partial charge in [-0.15, -0.1) is 0 Å². The van der Waals surface area contributed by atoms with Crippen molar-refractivity contribution >= 4 is 5.91 Å². The monoisotopic (exact) mass is 358 g/mol. The first kappa shape index (κ1) is 19.3. The van der Waals surface area contributed by atoms with Gasteiger partial charge in [0.15, 0.2) is 0 Å². The minimum atomic E-state index is 0.0881. The zero-order chi connectivity index (χ0) is 18.7. The van der Waals surface area contributed by atoms with E-state index in [1.165, 1.54) is 11.1 Å². The van der Waals surface area contributed by atoms with E-state index in [2.05, 4.69) is 54.8 Å². The third kappa shape index (κ3) is 4.64. The lowest BCUT2D eigenvalue weighted by molar-refractivity contribution is -0.135. The Bertz CT molecular complexity index is 622. The summed E-state index contributed by atoms with van der Waals surface area (Å²) in [4.78, 5) is 19.5. The van der Waals surface area contributed by atoms with Crippen LogP contribution in [-0.4, -0.2) is 72.5 Å². The molecule has 1 unspecified atom stereocenters. The number of carbonyl (C=O) groups is 1. The fourth-order valence-electron chi connectivity index (χ4n) is 4.10. The number of carbonyl (C=O) groups excluding carboxylic acids is 1. The van der Waals surface area contributed by atoms with Crippen LogP contribution >= 0.6 is 0 Å². The van der Waals surface area contributed by atoms with Gasteiger partial charge in [0, 0.05) is 51.9 Å². The number of piperazine rings is 1. The van der Waals surface area contributed by atoms with Crippen LogP contribution in [0.3, 0.4) is 0 Å². The number of likely N-dealkylation sites (tertiary alicyclic amines) is 1. The molecule has 5 nitrogen and oxygen atoms in total. The van der Waals surface area contributed by atoms with Crippen LogP contribution in [0, 0.1) is 12.3 Å². The standard InChI is InChI=1S/C21H34N4O/c1-17-6-4-5-7-18(17)14-23-10-12-25(13-11-23)20(26)15-24-9-8-19(22)21(2,3)16-24/h4-7,19H,8-16,22H2,1-3H3. The van der Waals surface area contributed by atoms with Gasteiger partial charge >= 0.3 is 0 Å². The van der Waals surface area contributed by atoms with Crippen molar-refractivity contribution in [1.29, 1.82) is 0 Å². The van der Waals surface area contributed by atoms with Crippen LogP contribution in [-0.2, 0) is 11.3 Å². The molecule has 2 heterocycles. The Balaban J connectivity index is 1.46. The molecular weight excluding hydrogens is 324 g/mol. The smallest absolute Gasteiger partial charge is 0.236 e. The molecule has 0 aromatic heterocycles. The minimum Gasteiger partial charge on any atom is -0.339 e. The lowest BCUT2D eigenvalue weighted by Gasteiger charge is -2.43. The van der Waals surface area contributed by atoms with E-state index < -0.39 is 0 Å². The van der Waals surface area contributed by atoms with Gasteiger partial charge in [-0.3, -0.25) is 14.6 Å². The highest BCUT2D eigenvalue weighted by Gasteiger charge is 2.34. The molecule has 0 saturated carbocycles. The van der Waals surface area contributed by atoms with E-state index >= 15 is 0 Å². The van der Waals surface area contributed by atoms with Crippen molar-refractivity contribution in [3.05, 3.63) is 35.4 Å². The Kier molecular flexibility index (Phi) is 6.00. The lowest BCUT2D eigenvalue weighted by Crippen LogP contribution is -2.56. The van der Waals surface area contributed by atoms with Gasteiger partial charge in [-0.25, -0.2) is 0 Å². The number of amides is 1. The summed E-state index contributed by atoms with van der Waals surface area (Å²) in [6.45, 7) is 13.5. The third-order valence-electron chi connectivity index (χ3n) is 6.13. The molecule has 26 heavy (non-hydrogen) atoms. The van der Waals surface area contributed by atoms with E-state index in [0.717, 1.165) is 52.2 Å². The first-order valence-corrected chi connectivity index (χ1v) is 9.88. The van der Waals surface area contributed by atoms with Crippen LogP contribution in [0.5, 0.6) is 0 Å². The average molecular weight is 359 g/mol. The van der Waals surface area contributed by atoms with Crippen molar-refractivity contribution in [2.75, 3.05) is 45.8 Å². The van der Waals surface area contributed by atoms with Crippen molar-refractivity contribution in [3.8, 4) is 0 Å². The summed E-state index contributed by atoms with van der Waals surface area (Å²) in [7, 11) is 0. The fraction of sp³-hybridized carbons (Fsp3) is 0.667. The van der Waals surface area contributed by atoms with Crippen molar-refractivity contribution in [2.45, 2.75) is 39.8 Å². The number of hydrogen-bond donors (Lipinski definition) is 1. The highest BCUT2D eigenvalue weighted by atomic mass is 16.2. The quantitative estimate of drug-likeness (QED) is 0.890. The molecule has 2 aliphatic rings. The highest BCUT2D eigenvalue weighted by Crippen LogP contribution is 2.27. The Morgan fingerprint density at radius 2 is 1.81 bits per heavy atom. The molecule has 2 N–H and O–H groups in total. The van der Waals surface area contributed by atoms with Gasteiger partial charge in [-0.1, -0.05) is 38.1 Å². The maximum atomic E-state index is 12.7. The highest BCUT2D eigenvalue weighted by molar-refractivity contribution is 5.78. The van der Waals surface area contributed by atoms with E-state index in [4.69, 9.17) is 5.73 Å². The van der Waals surface area contributed by atoms with Crippen LogP contribution in [0.4, 0.5) is 0 Å². The molecule has 1 atom stereocenters. The predicted molar refractivity (Wildman–Crippen MR) is 106 cm³/mol. The number of aryl methyl sites for hydroxylation is 1. The molecule has 1 aromatic rings. The van der Waals surface area contributed by atoms with Crippen molar-refractivity contribution in [1.82, 2.24) is 14.7 Å². The summed E-state index contributed by atoms with van der Waals surface area (Å²) in [5.74, 6) is 0.270. The number of hydrogen-bond acceptors (Lipinski definition) is 4. The van der Waals surface area contributed by atoms with Crippen LogP contribution in [0.15, 0.2) is 24.3 Å². The van der Waals surface area contributed by atoms with Gasteiger partial charge in [0.2, 0.25) is 5.91 Å². The lowest BCUT2D eigenvalue weighted by atomic mass is 9.80. The minimum absolute atomic E-state index is 0.0881. The summed E-state index contributed by atoms with van der Waals surface area (Å²) in [6.07, 6.45) is 0.977. The Morgan fingerprint density at radius 3 is 2.46 bits per heavy atom. The summed E-state index contributed by atoms with van der Waals surface area (Å²) >= 11 is 0. The van der Waals surface area contributed by atoms with Crippen LogP contribution in [0.2, 0.25) is 0 Å². The number of piperidine rings is 1. The van der Waals surface area contributed by atoms with Gasteiger partial charge in [-0.05, 0) is 29.9 Å². The number of nitrogens with two attached hydrogens (primary N) is 1. The first-order chi connectivity index (χ1) is 12.3. The molecule has 0 aliphatic carbocycles. The number of rotatable bonds is 4. The zero-order valence-electron chi connectivity index (χ0n) is 16.6. The van der Waals surface area contributed by atoms with Gasteiger partial charge in [0.25, 0.3) is 0 Å². The molecule has 2 aliphatic heterocycles. The van der Waals surface area contributed by atoms with Gasteiger partial charge in [0.05, 0.1) is 6.54 Å². The molecule has 144 valence electrons. The van der Waals surface area contributed by atoms with E-state index in [1.807, 2.05) is 4.90 Å². The third-order valence-corrected chi connectivity index (χ3v) is 6.13. The normalized spacial score (nSPS) is 24.6. The predicted octanol–water partition coefficient (Wildman–Crippen LogP) is 1.70. The van der Waals surface area contributed by atoms with Gasteiger partial charge in [0.1, 0.15) is 0 Å². The second kappa shape index (κ2) is 8.07.